The van der Waals surface area contributed by atoms with Crippen LogP contribution in [-0.2, 0) is 0 Å². The van der Waals surface area contributed by atoms with Crippen LogP contribution in [0.4, 0.5) is 0 Å². The first-order chi connectivity index (χ1) is 2.77. The van der Waals surface area contributed by atoms with E-state index in [4.69, 9.17) is 0 Å². The summed E-state index contributed by atoms with van der Waals surface area (Å²) in [5, 5.41) is 2.82. The Bertz CT molecular complexity index is 25.1. The summed E-state index contributed by atoms with van der Waals surface area (Å²) in [5.41, 5.74) is 0. The predicted molar refractivity (Wildman–Crippen MR) is 28.2 cm³/mol. The van der Waals surface area contributed by atoms with Crippen molar-refractivity contribution in [3.63, 3.8) is 0 Å². The second-order valence-corrected chi connectivity index (χ2v) is 1.85. The molecule has 1 nitrogen and oxygen atoms in total. The molecule has 0 amide bonds. The summed E-state index contributed by atoms with van der Waals surface area (Å²) < 4.78 is 0. The maximum Gasteiger partial charge on any atom is 0.00768 e. The molecule has 0 bridgehead atoms. The van der Waals surface area contributed by atoms with Gasteiger partial charge in [-0.25, -0.2) is 0 Å². The number of rotatable bonds is 2. The van der Waals surface area contributed by atoms with Crippen LogP contribution in [0.3, 0.4) is 0 Å². The molecular formula is C5H12N. The highest BCUT2D eigenvalue weighted by Crippen LogP contribution is 1.84. The largest absolute Gasteiger partial charge is 0.315 e. The normalized spacial score (nSPS) is 10.0. The molecule has 0 aromatic heterocycles. The van der Waals surface area contributed by atoms with Crippen LogP contribution >= 0.6 is 0 Å². The average molecular weight is 86.2 g/mol. The third-order valence-corrected chi connectivity index (χ3v) is 0.553. The molecule has 0 fully saturated rings. The Morgan fingerprint density at radius 3 is 2.17 bits per heavy atom. The third kappa shape index (κ3) is 3.96. The molecule has 0 aromatic rings. The first-order valence-corrected chi connectivity index (χ1v) is 2.27. The van der Waals surface area contributed by atoms with E-state index >= 15 is 0 Å². The van der Waals surface area contributed by atoms with Gasteiger partial charge in [-0.1, -0.05) is 13.8 Å². The molecule has 37 valence electrons. The van der Waals surface area contributed by atoms with Gasteiger partial charge < -0.3 is 5.32 Å². The molecule has 0 aliphatic heterocycles. The van der Waals surface area contributed by atoms with Crippen LogP contribution in [-0.4, -0.2) is 6.54 Å². The van der Waals surface area contributed by atoms with E-state index in [-0.39, 0.29) is 0 Å². The van der Waals surface area contributed by atoms with Crippen molar-refractivity contribution in [2.45, 2.75) is 13.8 Å². The van der Waals surface area contributed by atoms with Gasteiger partial charge in [0.15, 0.2) is 0 Å². The van der Waals surface area contributed by atoms with Crippen molar-refractivity contribution >= 4 is 0 Å². The molecule has 0 atom stereocenters. The summed E-state index contributed by atoms with van der Waals surface area (Å²) in [4.78, 5) is 0. The Labute approximate surface area is 39.7 Å². The highest BCUT2D eigenvalue weighted by atomic mass is 14.8. The van der Waals surface area contributed by atoms with Gasteiger partial charge in [0.2, 0.25) is 0 Å². The highest BCUT2D eigenvalue weighted by molar-refractivity contribution is 4.45. The second kappa shape index (κ2) is 3.16. The lowest BCUT2D eigenvalue weighted by Crippen LogP contribution is -2.10. The fourth-order valence-electron chi connectivity index (χ4n) is 0.289. The van der Waals surface area contributed by atoms with E-state index in [9.17, 15) is 0 Å². The molecule has 0 aromatic carbocycles. The average Bonchev–Trinajstić information content (AvgIpc) is 1.35. The standard InChI is InChI=1S/C5H12N/c1-5(2)4-6-3/h5-6H,3-4H2,1-2H3. The fraction of sp³-hybridized carbons (Fsp3) is 0.800. The maximum atomic E-state index is 3.48. The zero-order valence-electron chi connectivity index (χ0n) is 4.49. The van der Waals surface area contributed by atoms with Crippen LogP contribution in [0.5, 0.6) is 0 Å². The first-order valence-electron chi connectivity index (χ1n) is 2.27. The van der Waals surface area contributed by atoms with Crippen molar-refractivity contribution in [2.24, 2.45) is 5.92 Å². The molecule has 0 unspecified atom stereocenters. The monoisotopic (exact) mass is 86.1 g/mol. The number of hydrogen-bond donors (Lipinski definition) is 1. The SMILES string of the molecule is [CH2]NCC(C)C. The van der Waals surface area contributed by atoms with E-state index in [0.29, 0.717) is 0 Å². The van der Waals surface area contributed by atoms with Crippen molar-refractivity contribution in [3.05, 3.63) is 7.05 Å². The van der Waals surface area contributed by atoms with Crippen molar-refractivity contribution in [1.29, 1.82) is 0 Å². The molecule has 0 rings (SSSR count). The van der Waals surface area contributed by atoms with Crippen LogP contribution in [0, 0.1) is 13.0 Å². The van der Waals surface area contributed by atoms with Gasteiger partial charge in [-0.2, -0.15) is 0 Å². The van der Waals surface area contributed by atoms with Gasteiger partial charge in [-0.05, 0) is 12.5 Å². The lowest BCUT2D eigenvalue weighted by Gasteiger charge is -1.98. The number of nitrogens with one attached hydrogen (secondary N) is 1. The Hall–Kier alpha value is -0.0400. The van der Waals surface area contributed by atoms with E-state index in [1.54, 1.807) is 0 Å². The smallest absolute Gasteiger partial charge is 0.00768 e. The van der Waals surface area contributed by atoms with Gasteiger partial charge in [0.25, 0.3) is 0 Å². The van der Waals surface area contributed by atoms with Gasteiger partial charge in [0.05, 0.1) is 0 Å². The molecular weight excluding hydrogens is 74.1 g/mol. The fourth-order valence-corrected chi connectivity index (χ4v) is 0.289. The van der Waals surface area contributed by atoms with E-state index < -0.39 is 0 Å². The molecule has 0 spiro atoms. The van der Waals surface area contributed by atoms with E-state index in [2.05, 4.69) is 26.2 Å². The van der Waals surface area contributed by atoms with Crippen molar-refractivity contribution in [1.82, 2.24) is 5.32 Å². The zero-order chi connectivity index (χ0) is 4.99. The van der Waals surface area contributed by atoms with Gasteiger partial charge in [-0.3, -0.25) is 0 Å². The summed E-state index contributed by atoms with van der Waals surface area (Å²) in [6, 6.07) is 0. The second-order valence-electron chi connectivity index (χ2n) is 1.85. The van der Waals surface area contributed by atoms with Crippen molar-refractivity contribution < 1.29 is 0 Å². The van der Waals surface area contributed by atoms with Crippen LogP contribution in [0.1, 0.15) is 13.8 Å². The lowest BCUT2D eigenvalue weighted by molar-refractivity contribution is 0.609. The Balaban J connectivity index is 2.63. The molecule has 1 radical (unpaired) electrons. The third-order valence-electron chi connectivity index (χ3n) is 0.553. The first kappa shape index (κ1) is 5.96. The molecule has 0 saturated heterocycles. The summed E-state index contributed by atoms with van der Waals surface area (Å²) >= 11 is 0. The van der Waals surface area contributed by atoms with Crippen LogP contribution in [0.2, 0.25) is 0 Å². The maximum absolute atomic E-state index is 3.48. The summed E-state index contributed by atoms with van der Waals surface area (Å²) in [7, 11) is 3.48. The van der Waals surface area contributed by atoms with Gasteiger partial charge in [-0.15, -0.1) is 0 Å². The van der Waals surface area contributed by atoms with E-state index in [1.807, 2.05) is 0 Å². The zero-order valence-corrected chi connectivity index (χ0v) is 4.49. The summed E-state index contributed by atoms with van der Waals surface area (Å²) in [6.45, 7) is 5.32. The Morgan fingerprint density at radius 2 is 2.17 bits per heavy atom. The predicted octanol–water partition coefficient (Wildman–Crippen LogP) is 1.02. The molecule has 0 heterocycles. The molecule has 1 N–H and O–H groups in total. The molecule has 0 aliphatic carbocycles. The van der Waals surface area contributed by atoms with Gasteiger partial charge in [0, 0.05) is 7.05 Å². The summed E-state index contributed by atoms with van der Waals surface area (Å²) in [6.07, 6.45) is 0. The number of hydrogen-bond acceptors (Lipinski definition) is 1. The van der Waals surface area contributed by atoms with E-state index in [0.717, 1.165) is 12.5 Å². The minimum absolute atomic E-state index is 0.725. The quantitative estimate of drug-likeness (QED) is 0.529. The minimum atomic E-state index is 0.725. The van der Waals surface area contributed by atoms with E-state index in [1.165, 1.54) is 0 Å². The topological polar surface area (TPSA) is 12.0 Å². The molecule has 0 saturated carbocycles. The van der Waals surface area contributed by atoms with Crippen LogP contribution in [0.15, 0.2) is 0 Å². The van der Waals surface area contributed by atoms with Gasteiger partial charge in [0.1, 0.15) is 0 Å². The highest BCUT2D eigenvalue weighted by Gasteiger charge is 1.84. The van der Waals surface area contributed by atoms with Crippen LogP contribution < -0.4 is 5.32 Å². The van der Waals surface area contributed by atoms with Crippen LogP contribution in [0.25, 0.3) is 0 Å². The van der Waals surface area contributed by atoms with Gasteiger partial charge >= 0.3 is 0 Å². The van der Waals surface area contributed by atoms with Crippen molar-refractivity contribution in [2.75, 3.05) is 6.54 Å². The molecule has 1 heteroatoms. The minimum Gasteiger partial charge on any atom is -0.315 e. The molecule has 6 heavy (non-hydrogen) atoms. The molecule has 0 aliphatic rings. The Morgan fingerprint density at radius 1 is 1.67 bits per heavy atom. The lowest BCUT2D eigenvalue weighted by atomic mass is 10.2. The summed E-state index contributed by atoms with van der Waals surface area (Å²) in [5.74, 6) is 0.725. The van der Waals surface area contributed by atoms with Crippen molar-refractivity contribution in [3.8, 4) is 0 Å². The Kier molecular flexibility index (Phi) is 3.14.